The fraction of sp³-hybridized carbons (Fsp3) is 0.258. The van der Waals surface area contributed by atoms with Crippen molar-refractivity contribution in [1.82, 2.24) is 9.88 Å². The molecule has 0 aliphatic carbocycles. The van der Waals surface area contributed by atoms with Crippen molar-refractivity contribution < 1.29 is 30.4 Å². The maximum atomic E-state index is 14.6. The van der Waals surface area contributed by atoms with Crippen LogP contribution >= 0.6 is 31.9 Å². The number of ether oxygens (including phenoxy) is 1. The van der Waals surface area contributed by atoms with Gasteiger partial charge in [-0.25, -0.2) is 30.6 Å². The van der Waals surface area contributed by atoms with Crippen LogP contribution in [-0.2, 0) is 26.6 Å². The highest BCUT2D eigenvalue weighted by atomic mass is 79.9. The first-order chi connectivity index (χ1) is 21.7. The Balaban J connectivity index is 1.61. The fourth-order valence-corrected chi connectivity index (χ4v) is 9.61. The highest BCUT2D eigenvalue weighted by Gasteiger charge is 2.41. The molecule has 0 saturated carbocycles. The standard InChI is InChI=1S/C31H30Br2F2N4O5S2/c1-20-17-37(18-21(2)38(20)19-22-7-5-4-6-8-22)23-13-30(31(44-3)36-16-23)39(45(40,41)24-9-11-26(32)28(34)14-24)46(42,43)25-10-12-27(33)29(35)15-25/h4-16,20-21H,17-19H2,1-3H3. The van der Waals surface area contributed by atoms with Crippen LogP contribution in [0.4, 0.5) is 20.2 Å². The van der Waals surface area contributed by atoms with Crippen molar-refractivity contribution >= 4 is 63.3 Å². The number of nitrogens with zero attached hydrogens (tertiary/aromatic N) is 4. The van der Waals surface area contributed by atoms with Crippen LogP contribution in [0.3, 0.4) is 0 Å². The first-order valence-electron chi connectivity index (χ1n) is 14.0. The van der Waals surface area contributed by atoms with Crippen molar-refractivity contribution in [3.63, 3.8) is 0 Å². The molecular weight excluding hydrogens is 770 g/mol. The van der Waals surface area contributed by atoms with Crippen LogP contribution in [0.5, 0.6) is 5.88 Å². The molecule has 9 nitrogen and oxygen atoms in total. The van der Waals surface area contributed by atoms with E-state index in [9.17, 15) is 25.6 Å². The molecule has 0 bridgehead atoms. The summed E-state index contributed by atoms with van der Waals surface area (Å²) in [6.07, 6.45) is 1.48. The summed E-state index contributed by atoms with van der Waals surface area (Å²) in [5.74, 6) is -2.18. The number of halogens is 4. The van der Waals surface area contributed by atoms with Crippen LogP contribution in [0, 0.1) is 11.6 Å². The second-order valence-corrected chi connectivity index (χ2v) is 16.4. The number of aromatic nitrogens is 1. The van der Waals surface area contributed by atoms with Crippen molar-refractivity contribution in [2.45, 2.75) is 42.3 Å². The Morgan fingerprint density at radius 2 is 1.37 bits per heavy atom. The van der Waals surface area contributed by atoms with E-state index in [1.165, 1.54) is 24.9 Å². The normalized spacial score (nSPS) is 17.6. The summed E-state index contributed by atoms with van der Waals surface area (Å²) in [7, 11) is -8.91. The van der Waals surface area contributed by atoms with Gasteiger partial charge in [-0.05, 0) is 93.7 Å². The Bertz CT molecular complexity index is 1880. The van der Waals surface area contributed by atoms with Crippen molar-refractivity contribution in [3.8, 4) is 5.88 Å². The number of hydrogen-bond acceptors (Lipinski definition) is 8. The summed E-state index contributed by atoms with van der Waals surface area (Å²) >= 11 is 5.98. The highest BCUT2D eigenvalue weighted by Crippen LogP contribution is 2.39. The monoisotopic (exact) mass is 798 g/mol. The number of pyridine rings is 1. The van der Waals surface area contributed by atoms with E-state index in [-0.39, 0.29) is 30.6 Å². The molecule has 0 amide bonds. The van der Waals surface area contributed by atoms with E-state index in [4.69, 9.17) is 4.74 Å². The molecule has 1 aromatic heterocycles. The molecule has 46 heavy (non-hydrogen) atoms. The van der Waals surface area contributed by atoms with Crippen molar-refractivity contribution in [3.05, 3.63) is 105 Å². The van der Waals surface area contributed by atoms with Crippen LogP contribution in [0.15, 0.2) is 97.7 Å². The summed E-state index contributed by atoms with van der Waals surface area (Å²) in [6.45, 7) is 5.95. The van der Waals surface area contributed by atoms with Gasteiger partial charge in [-0.2, -0.15) is 3.71 Å². The van der Waals surface area contributed by atoms with Gasteiger partial charge in [0.25, 0.3) is 20.0 Å². The van der Waals surface area contributed by atoms with E-state index in [0.717, 1.165) is 30.8 Å². The van der Waals surface area contributed by atoms with Gasteiger partial charge < -0.3 is 9.64 Å². The second-order valence-electron chi connectivity index (χ2n) is 10.8. The van der Waals surface area contributed by atoms with Crippen molar-refractivity contribution in [1.29, 1.82) is 0 Å². The zero-order valence-electron chi connectivity index (χ0n) is 24.9. The summed E-state index contributed by atoms with van der Waals surface area (Å²) < 4.78 is 91.5. The Morgan fingerprint density at radius 3 is 1.85 bits per heavy atom. The minimum atomic E-state index is -5.06. The van der Waals surface area contributed by atoms with Gasteiger partial charge in [-0.15, -0.1) is 0 Å². The summed E-state index contributed by atoms with van der Waals surface area (Å²) in [6, 6.07) is 17.4. The molecular formula is C31H30Br2F2N4O5S2. The molecule has 244 valence electrons. The van der Waals surface area contributed by atoms with Crippen LogP contribution in [-0.4, -0.2) is 59.0 Å². The lowest BCUT2D eigenvalue weighted by molar-refractivity contribution is 0.123. The van der Waals surface area contributed by atoms with Gasteiger partial charge in [-0.1, -0.05) is 30.3 Å². The third-order valence-corrected chi connectivity index (χ3v) is 13.1. The van der Waals surface area contributed by atoms with Crippen molar-refractivity contribution in [2.75, 3.05) is 28.8 Å². The minimum absolute atomic E-state index is 0.0215. The maximum absolute atomic E-state index is 14.6. The van der Waals surface area contributed by atoms with E-state index in [1.807, 2.05) is 23.1 Å². The van der Waals surface area contributed by atoms with Gasteiger partial charge in [0.1, 0.15) is 17.3 Å². The van der Waals surface area contributed by atoms with Gasteiger partial charge in [0.15, 0.2) is 0 Å². The molecule has 0 spiro atoms. The van der Waals surface area contributed by atoms with E-state index < -0.39 is 47.2 Å². The van der Waals surface area contributed by atoms with Gasteiger partial charge in [0.2, 0.25) is 5.88 Å². The number of methoxy groups -OCH3 is 1. The van der Waals surface area contributed by atoms with Crippen LogP contribution < -0.4 is 13.3 Å². The molecule has 2 atom stereocenters. The topological polar surface area (TPSA) is 100 Å². The van der Waals surface area contributed by atoms with Gasteiger partial charge in [-0.3, -0.25) is 4.90 Å². The molecule has 3 aromatic carbocycles. The summed E-state index contributed by atoms with van der Waals surface area (Å²) in [5.41, 5.74) is 1.16. The number of anilines is 2. The molecule has 2 unspecified atom stereocenters. The van der Waals surface area contributed by atoms with Gasteiger partial charge in [0.05, 0.1) is 37.7 Å². The lowest BCUT2D eigenvalue weighted by Gasteiger charge is -2.45. The molecule has 0 radical (unpaired) electrons. The zero-order valence-corrected chi connectivity index (χ0v) is 29.7. The summed E-state index contributed by atoms with van der Waals surface area (Å²) in [4.78, 5) is 7.33. The SMILES string of the molecule is COc1ncc(N2CC(C)N(Cc3ccccc3)C(C)C2)cc1N(S(=O)(=O)c1ccc(Br)c(F)c1)S(=O)(=O)c1ccc(Br)c(F)c1. The molecule has 1 saturated heterocycles. The van der Waals surface area contributed by atoms with E-state index in [1.54, 1.807) is 0 Å². The van der Waals surface area contributed by atoms with Crippen molar-refractivity contribution in [2.24, 2.45) is 0 Å². The lowest BCUT2D eigenvalue weighted by atomic mass is 10.1. The van der Waals surface area contributed by atoms with E-state index in [2.05, 4.69) is 67.7 Å². The Labute approximate surface area is 284 Å². The zero-order chi connectivity index (χ0) is 33.4. The third kappa shape index (κ3) is 6.79. The molecule has 1 aliphatic heterocycles. The molecule has 4 aromatic rings. The first kappa shape index (κ1) is 34.2. The molecule has 2 heterocycles. The minimum Gasteiger partial charge on any atom is -0.479 e. The van der Waals surface area contributed by atoms with Crippen LogP contribution in [0.2, 0.25) is 0 Å². The smallest absolute Gasteiger partial charge is 0.277 e. The number of sulfonamides is 2. The molecule has 1 fully saturated rings. The third-order valence-electron chi connectivity index (χ3n) is 7.70. The lowest BCUT2D eigenvalue weighted by Crippen LogP contribution is -2.56. The number of benzene rings is 3. The molecule has 1 aliphatic rings. The average molecular weight is 801 g/mol. The summed E-state index contributed by atoms with van der Waals surface area (Å²) in [5, 5.41) is 0. The van der Waals surface area contributed by atoms with Crippen LogP contribution in [0.1, 0.15) is 19.4 Å². The average Bonchev–Trinajstić information content (AvgIpc) is 3.01. The quantitative estimate of drug-likeness (QED) is 0.188. The maximum Gasteiger partial charge on any atom is 0.277 e. The first-order valence-corrected chi connectivity index (χ1v) is 18.5. The molecule has 0 N–H and O–H groups in total. The largest absolute Gasteiger partial charge is 0.479 e. The number of rotatable bonds is 9. The van der Waals surface area contributed by atoms with Gasteiger partial charge in [0, 0.05) is 31.7 Å². The number of hydrogen-bond donors (Lipinski definition) is 0. The predicted molar refractivity (Wildman–Crippen MR) is 179 cm³/mol. The molecule has 15 heteroatoms. The Morgan fingerprint density at radius 1 is 0.848 bits per heavy atom. The Hall–Kier alpha value is -3.11. The van der Waals surface area contributed by atoms with Gasteiger partial charge >= 0.3 is 0 Å². The number of piperazine rings is 1. The van der Waals surface area contributed by atoms with E-state index >= 15 is 0 Å². The predicted octanol–water partition coefficient (Wildman–Crippen LogP) is 6.58. The van der Waals surface area contributed by atoms with Crippen LogP contribution in [0.25, 0.3) is 0 Å². The molecule has 5 rings (SSSR count). The highest BCUT2D eigenvalue weighted by molar-refractivity contribution is 9.10. The van der Waals surface area contributed by atoms with E-state index in [0.29, 0.717) is 30.9 Å². The Kier molecular flexibility index (Phi) is 10.1. The fourth-order valence-electron chi connectivity index (χ4n) is 5.42. The second kappa shape index (κ2) is 13.6.